The maximum absolute atomic E-state index is 10.4. The summed E-state index contributed by atoms with van der Waals surface area (Å²) in [6.07, 6.45) is 0. The Bertz CT molecular complexity index is 5550. The van der Waals surface area contributed by atoms with Gasteiger partial charge < -0.3 is 4.57 Å². The first kappa shape index (κ1) is 13.3. The topological polar surface area (TPSA) is 4.93 Å². The summed E-state index contributed by atoms with van der Waals surface area (Å²) in [7, 11) is 0. The molecule has 0 unspecified atom stereocenters. The van der Waals surface area contributed by atoms with Crippen molar-refractivity contribution in [1.82, 2.24) is 4.57 Å². The van der Waals surface area contributed by atoms with E-state index < -0.39 is 297 Å². The van der Waals surface area contributed by atoms with Crippen molar-refractivity contribution in [2.24, 2.45) is 0 Å². The SMILES string of the molecule is [2H]c1cc2c([2H])c([2H])c3c([2H])c([2H])c([2H])c4c([2H])c([2H])c(c1-c1c([2H])c(-c5c([2H])c([2H])c6c(c5[2H])c5c([2H])c([2H])c([2H])c([2H])c5n6-c5c([2H])c([2H])c([2H])c([2H])c5[2H])c([2H])c(-c5c([2H])c([2H])c6c([2H])c([2H])c7c([2H])c([2H])c([2H])c8c([2H])c([2H])c5c6c78)c1[2H])c2c34. The van der Waals surface area contributed by atoms with Crippen molar-refractivity contribution in [3.05, 3.63) is 199 Å². The first-order valence-electron chi connectivity index (χ1n) is 33.2. The predicted octanol–water partition coefficient (Wildman–Crippen LogP) is 15.6. The molecule has 0 aliphatic carbocycles. The van der Waals surface area contributed by atoms with E-state index in [1.807, 2.05) is 0 Å². The average molecular weight is 752 g/mol. The Balaban J connectivity index is 1.32. The van der Waals surface area contributed by atoms with Gasteiger partial charge in [0.15, 0.2) is 0 Å². The van der Waals surface area contributed by atoms with E-state index in [1.54, 1.807) is 0 Å². The van der Waals surface area contributed by atoms with Crippen LogP contribution in [-0.2, 0) is 0 Å². The van der Waals surface area contributed by atoms with Gasteiger partial charge in [0.25, 0.3) is 0 Å². The zero-order valence-electron chi connectivity index (χ0n) is 60.5. The molecule has 0 aliphatic rings. The van der Waals surface area contributed by atoms with E-state index in [0.717, 1.165) is 6.07 Å². The molecule has 1 nitrogen and oxygen atoms in total. The molecule has 0 saturated carbocycles. The molecular formula is C56H33N. The van der Waals surface area contributed by atoms with Gasteiger partial charge in [-0.25, -0.2) is 0 Å². The lowest BCUT2D eigenvalue weighted by Gasteiger charge is -2.18. The van der Waals surface area contributed by atoms with Crippen molar-refractivity contribution in [3.8, 4) is 39.1 Å². The molecule has 57 heavy (non-hydrogen) atoms. The highest BCUT2D eigenvalue weighted by molar-refractivity contribution is 6.27. The number of hydrogen-bond donors (Lipinski definition) is 0. The van der Waals surface area contributed by atoms with Gasteiger partial charge in [-0.1, -0.05) is 151 Å². The van der Waals surface area contributed by atoms with E-state index in [9.17, 15) is 23.3 Å². The largest absolute Gasteiger partial charge is 0.309 e. The highest BCUT2D eigenvalue weighted by Crippen LogP contribution is 2.45. The maximum Gasteiger partial charge on any atom is 0.0645 e. The summed E-state index contributed by atoms with van der Waals surface area (Å²) in [5, 5.41) is -6.66. The highest BCUT2D eigenvalue weighted by atomic mass is 15.0. The number of hydrogen-bond acceptors (Lipinski definition) is 0. The van der Waals surface area contributed by atoms with Crippen LogP contribution in [0.4, 0.5) is 0 Å². The van der Waals surface area contributed by atoms with Crippen molar-refractivity contribution in [2.45, 2.75) is 0 Å². The molecule has 13 rings (SSSR count). The third-order valence-corrected chi connectivity index (χ3v) is 10.1. The van der Waals surface area contributed by atoms with E-state index in [1.165, 1.54) is 0 Å². The van der Waals surface area contributed by atoms with Crippen LogP contribution < -0.4 is 0 Å². The fraction of sp³-hybridized carbons (Fsp3) is 0. The first-order valence-corrected chi connectivity index (χ1v) is 17.2. The van der Waals surface area contributed by atoms with Crippen LogP contribution >= 0.6 is 0 Å². The number of nitrogens with zero attached hydrogens (tertiary/aromatic N) is 1. The molecule has 0 bridgehead atoms. The Labute approximate surface area is 373 Å². The summed E-state index contributed by atoms with van der Waals surface area (Å²) in [4.78, 5) is 0. The van der Waals surface area contributed by atoms with Gasteiger partial charge in [-0.15, -0.1) is 0 Å². The number of rotatable bonds is 4. The van der Waals surface area contributed by atoms with Gasteiger partial charge in [0, 0.05) is 16.5 Å². The van der Waals surface area contributed by atoms with Crippen LogP contribution in [0.5, 0.6) is 0 Å². The molecule has 13 aromatic rings. The summed E-state index contributed by atoms with van der Waals surface area (Å²) >= 11 is 0. The number of aromatic nitrogens is 1. The van der Waals surface area contributed by atoms with Crippen molar-refractivity contribution in [3.63, 3.8) is 0 Å². The lowest BCUT2D eigenvalue weighted by Crippen LogP contribution is -1.93. The van der Waals surface area contributed by atoms with E-state index in [0.29, 0.717) is 4.57 Å². The molecule has 0 atom stereocenters. The summed E-state index contributed by atoms with van der Waals surface area (Å²) < 4.78 is 298. The van der Waals surface area contributed by atoms with Gasteiger partial charge in [-0.05, 0) is 146 Å². The molecule has 1 heteroatoms. The summed E-state index contributed by atoms with van der Waals surface area (Å²) in [5.74, 6) is 0. The zero-order chi connectivity index (χ0) is 65.0. The van der Waals surface area contributed by atoms with Crippen LogP contribution in [0.1, 0.15) is 43.9 Å². The third-order valence-electron chi connectivity index (χ3n) is 10.1. The van der Waals surface area contributed by atoms with Crippen molar-refractivity contribution < 1.29 is 43.9 Å². The van der Waals surface area contributed by atoms with E-state index in [4.69, 9.17) is 20.6 Å². The van der Waals surface area contributed by atoms with E-state index >= 15 is 0 Å². The number of benzene rings is 12. The second-order valence-corrected chi connectivity index (χ2v) is 13.1. The highest BCUT2D eigenvalue weighted by Gasteiger charge is 2.18. The Morgan fingerprint density at radius 1 is 0.298 bits per heavy atom. The maximum atomic E-state index is 10.4. The second-order valence-electron chi connectivity index (χ2n) is 13.1. The molecule has 12 aromatic carbocycles. The predicted molar refractivity (Wildman–Crippen MR) is 244 cm³/mol. The standard InChI is InChI=1S/C56H33N/c1-2-12-44(13-3-1)57-51-15-5-4-14-47(51)50-33-40(24-29-52(50)57)41-30-42(45-25-20-38-18-16-34-8-6-10-36-22-27-48(45)55(38)53(34)36)32-43(31-41)46-26-21-39-19-17-35-9-7-11-37-23-28-49(46)56(39)54(35)37/h1-33H/i1D,2D,3D,4D,5D,6D,7D,8D,9D,10D,11D,12D,13D,14D,15D,16D,17D,18D,19D,20D,22D,23D,24D,25D,26D,27D,28D,29D,30D,31D,32D,33D. The van der Waals surface area contributed by atoms with Crippen molar-refractivity contribution in [2.75, 3.05) is 0 Å². The summed E-state index contributed by atoms with van der Waals surface area (Å²) in [6, 6.07) is -28.0. The molecule has 0 N–H and O–H groups in total. The Morgan fingerprint density at radius 2 is 0.825 bits per heavy atom. The van der Waals surface area contributed by atoms with Crippen LogP contribution in [0.3, 0.4) is 0 Å². The average Bonchev–Trinajstić information content (AvgIpc) is 1.78. The minimum atomic E-state index is -1.16. The van der Waals surface area contributed by atoms with Gasteiger partial charge in [0.05, 0.1) is 54.9 Å². The van der Waals surface area contributed by atoms with Gasteiger partial charge in [-0.2, -0.15) is 0 Å². The van der Waals surface area contributed by atoms with Crippen molar-refractivity contribution >= 4 is 86.4 Å². The van der Waals surface area contributed by atoms with Crippen LogP contribution in [0.25, 0.3) is 126 Å². The lowest BCUT2D eigenvalue weighted by molar-refractivity contribution is 1.18. The Morgan fingerprint density at radius 3 is 1.53 bits per heavy atom. The normalized spacial score (nSPS) is 20.1. The summed E-state index contributed by atoms with van der Waals surface area (Å²) in [6.45, 7) is 0. The van der Waals surface area contributed by atoms with Crippen LogP contribution in [0.2, 0.25) is 0 Å². The first-order chi connectivity index (χ1) is 41.6. The quantitative estimate of drug-likeness (QED) is 0.158. The van der Waals surface area contributed by atoms with Gasteiger partial charge in [-0.3, -0.25) is 0 Å². The Hall–Kier alpha value is -7.48. The molecule has 1 aromatic heterocycles. The number of para-hydroxylation sites is 2. The molecule has 0 spiro atoms. The molecular weight excluding hydrogens is 687 g/mol. The second kappa shape index (κ2) is 11.5. The molecule has 0 saturated heterocycles. The third kappa shape index (κ3) is 4.40. The monoisotopic (exact) mass is 751 g/mol. The van der Waals surface area contributed by atoms with Crippen molar-refractivity contribution in [1.29, 1.82) is 0 Å². The number of fused-ring (bicyclic) bond motifs is 3. The van der Waals surface area contributed by atoms with Crippen LogP contribution in [0.15, 0.2) is 199 Å². The Kier molecular flexibility index (Phi) is 2.69. The van der Waals surface area contributed by atoms with Gasteiger partial charge in [0.2, 0.25) is 0 Å². The molecule has 0 aliphatic heterocycles. The zero-order valence-corrected chi connectivity index (χ0v) is 28.5. The molecule has 0 fully saturated rings. The van der Waals surface area contributed by atoms with E-state index in [-0.39, 0.29) is 21.5 Å². The lowest BCUT2D eigenvalue weighted by atomic mass is 9.86. The summed E-state index contributed by atoms with van der Waals surface area (Å²) in [5.41, 5.74) is -7.51. The fourth-order valence-corrected chi connectivity index (χ4v) is 7.64. The van der Waals surface area contributed by atoms with Gasteiger partial charge >= 0.3 is 0 Å². The van der Waals surface area contributed by atoms with Gasteiger partial charge in [0.1, 0.15) is 0 Å². The minimum Gasteiger partial charge on any atom is -0.309 e. The van der Waals surface area contributed by atoms with Crippen LogP contribution in [0, 0.1) is 0 Å². The smallest absolute Gasteiger partial charge is 0.0645 e. The fourth-order valence-electron chi connectivity index (χ4n) is 7.64. The molecule has 262 valence electrons. The van der Waals surface area contributed by atoms with E-state index in [2.05, 4.69) is 0 Å². The molecule has 1 heterocycles. The van der Waals surface area contributed by atoms with Crippen LogP contribution in [-0.4, -0.2) is 4.57 Å². The molecule has 0 amide bonds. The minimum absolute atomic E-state index is 0.287. The molecule has 0 radical (unpaired) electrons.